The van der Waals surface area contributed by atoms with E-state index in [4.69, 9.17) is 0 Å². The Morgan fingerprint density at radius 2 is 1.88 bits per heavy atom. The molecule has 0 radical (unpaired) electrons. The van der Waals surface area contributed by atoms with Crippen molar-refractivity contribution in [2.75, 3.05) is 14.1 Å². The number of aromatic nitrogens is 2. The van der Waals surface area contributed by atoms with Crippen LogP contribution in [0.25, 0.3) is 0 Å². The van der Waals surface area contributed by atoms with Gasteiger partial charge in [0.15, 0.2) is 0 Å². The van der Waals surface area contributed by atoms with Crippen LogP contribution in [0.3, 0.4) is 0 Å². The molecule has 2 atom stereocenters. The van der Waals surface area contributed by atoms with Crippen LogP contribution in [0.5, 0.6) is 0 Å². The van der Waals surface area contributed by atoms with E-state index in [9.17, 15) is 4.79 Å². The van der Waals surface area contributed by atoms with Gasteiger partial charge in [0, 0.05) is 32.5 Å². The van der Waals surface area contributed by atoms with E-state index in [2.05, 4.69) is 15.3 Å². The maximum Gasteiger partial charge on any atom is 0.238 e. The number of hydrogen-bond acceptors (Lipinski definition) is 4. The third-order valence-corrected chi connectivity index (χ3v) is 2.64. The second-order valence-electron chi connectivity index (χ2n) is 4.37. The second kappa shape index (κ2) is 5.72. The lowest BCUT2D eigenvalue weighted by atomic mass is 10.1. The molecule has 0 spiro atoms. The second-order valence-corrected chi connectivity index (χ2v) is 4.37. The van der Waals surface area contributed by atoms with Crippen LogP contribution in [-0.2, 0) is 4.79 Å². The molecule has 0 bridgehead atoms. The summed E-state index contributed by atoms with van der Waals surface area (Å²) in [7, 11) is 3.50. The lowest BCUT2D eigenvalue weighted by Gasteiger charge is -2.22. The van der Waals surface area contributed by atoms with Gasteiger partial charge in [0.05, 0.1) is 17.4 Å². The van der Waals surface area contributed by atoms with E-state index in [1.165, 1.54) is 0 Å². The highest BCUT2D eigenvalue weighted by Gasteiger charge is 2.19. The molecule has 0 aliphatic heterocycles. The molecule has 1 heterocycles. The maximum absolute atomic E-state index is 11.7. The Hall–Kier alpha value is -1.49. The summed E-state index contributed by atoms with van der Waals surface area (Å²) >= 11 is 0. The Kier molecular flexibility index (Phi) is 4.57. The van der Waals surface area contributed by atoms with Gasteiger partial charge in [-0.15, -0.1) is 0 Å². The number of carbonyl (C=O) groups is 1. The number of rotatable bonds is 4. The van der Waals surface area contributed by atoms with Gasteiger partial charge in [-0.05, 0) is 20.8 Å². The van der Waals surface area contributed by atoms with E-state index in [-0.39, 0.29) is 18.0 Å². The molecule has 0 aromatic carbocycles. The average Bonchev–Trinajstić information content (AvgIpc) is 2.28. The summed E-state index contributed by atoms with van der Waals surface area (Å²) < 4.78 is 0. The third kappa shape index (κ3) is 3.49. The van der Waals surface area contributed by atoms with Crippen LogP contribution in [0.1, 0.15) is 31.3 Å². The van der Waals surface area contributed by atoms with E-state index < -0.39 is 0 Å². The first-order chi connectivity index (χ1) is 7.93. The molecule has 2 unspecified atom stereocenters. The normalized spacial score (nSPS) is 14.2. The standard InChI is InChI=1S/C12H20N4O/c1-8-11(14-7-6-13-8)9(2)15-10(3)12(17)16(4)5/h6-7,9-10,15H,1-5H3. The number of nitrogens with one attached hydrogen (secondary N) is 1. The van der Waals surface area contributed by atoms with E-state index in [1.54, 1.807) is 31.4 Å². The molecule has 1 rings (SSSR count). The quantitative estimate of drug-likeness (QED) is 0.844. The monoisotopic (exact) mass is 236 g/mol. The summed E-state index contributed by atoms with van der Waals surface area (Å²) in [6.07, 6.45) is 3.33. The molecular formula is C12H20N4O. The summed E-state index contributed by atoms with van der Waals surface area (Å²) in [5, 5.41) is 3.22. The SMILES string of the molecule is Cc1nccnc1C(C)NC(C)C(=O)N(C)C. The van der Waals surface area contributed by atoms with Crippen molar-refractivity contribution in [1.82, 2.24) is 20.2 Å². The zero-order valence-corrected chi connectivity index (χ0v) is 11.1. The fourth-order valence-corrected chi connectivity index (χ4v) is 1.76. The van der Waals surface area contributed by atoms with Gasteiger partial charge >= 0.3 is 0 Å². The number of likely N-dealkylation sites (N-methyl/N-ethyl adjacent to an activating group) is 1. The van der Waals surface area contributed by atoms with Crippen LogP contribution in [0.2, 0.25) is 0 Å². The first-order valence-corrected chi connectivity index (χ1v) is 5.68. The van der Waals surface area contributed by atoms with E-state index in [1.807, 2.05) is 20.8 Å². The van der Waals surface area contributed by atoms with Crippen LogP contribution in [0.4, 0.5) is 0 Å². The van der Waals surface area contributed by atoms with Gasteiger partial charge < -0.3 is 4.90 Å². The van der Waals surface area contributed by atoms with Crippen LogP contribution in [-0.4, -0.2) is 40.9 Å². The molecule has 1 aromatic heterocycles. The lowest BCUT2D eigenvalue weighted by Crippen LogP contribution is -2.42. The van der Waals surface area contributed by atoms with Gasteiger partial charge in [-0.2, -0.15) is 0 Å². The highest BCUT2D eigenvalue weighted by atomic mass is 16.2. The molecule has 1 amide bonds. The van der Waals surface area contributed by atoms with Crippen molar-refractivity contribution in [3.05, 3.63) is 23.8 Å². The predicted molar refractivity (Wildman–Crippen MR) is 66.5 cm³/mol. The zero-order valence-electron chi connectivity index (χ0n) is 11.1. The molecule has 5 heteroatoms. The van der Waals surface area contributed by atoms with Gasteiger partial charge in [-0.3, -0.25) is 20.1 Å². The average molecular weight is 236 g/mol. The maximum atomic E-state index is 11.7. The topological polar surface area (TPSA) is 58.1 Å². The molecule has 0 aliphatic carbocycles. The van der Waals surface area contributed by atoms with Crippen molar-refractivity contribution in [2.45, 2.75) is 32.9 Å². The number of carbonyl (C=O) groups excluding carboxylic acids is 1. The number of amides is 1. The third-order valence-electron chi connectivity index (χ3n) is 2.64. The van der Waals surface area contributed by atoms with Crippen molar-refractivity contribution in [1.29, 1.82) is 0 Å². The summed E-state index contributed by atoms with van der Waals surface area (Å²) in [5.74, 6) is 0.0541. The van der Waals surface area contributed by atoms with E-state index >= 15 is 0 Å². The Bertz CT molecular complexity index is 392. The van der Waals surface area contributed by atoms with E-state index in [0.29, 0.717) is 0 Å². The van der Waals surface area contributed by atoms with Gasteiger partial charge in [0.25, 0.3) is 0 Å². The van der Waals surface area contributed by atoms with Crippen LogP contribution in [0.15, 0.2) is 12.4 Å². The molecule has 1 aromatic rings. The smallest absolute Gasteiger partial charge is 0.238 e. The van der Waals surface area contributed by atoms with Crippen molar-refractivity contribution in [3.63, 3.8) is 0 Å². The molecule has 5 nitrogen and oxygen atoms in total. The van der Waals surface area contributed by atoms with E-state index in [0.717, 1.165) is 11.4 Å². The molecule has 0 aliphatic rings. The Morgan fingerprint density at radius 1 is 1.29 bits per heavy atom. The van der Waals surface area contributed by atoms with Crippen LogP contribution < -0.4 is 5.32 Å². The van der Waals surface area contributed by atoms with Crippen molar-refractivity contribution >= 4 is 5.91 Å². The lowest BCUT2D eigenvalue weighted by molar-refractivity contribution is -0.130. The molecule has 94 valence electrons. The van der Waals surface area contributed by atoms with Gasteiger partial charge in [0.2, 0.25) is 5.91 Å². The zero-order chi connectivity index (χ0) is 13.0. The minimum Gasteiger partial charge on any atom is -0.347 e. The molecule has 17 heavy (non-hydrogen) atoms. The highest BCUT2D eigenvalue weighted by Crippen LogP contribution is 2.12. The van der Waals surface area contributed by atoms with Crippen LogP contribution >= 0.6 is 0 Å². The first-order valence-electron chi connectivity index (χ1n) is 5.68. The largest absolute Gasteiger partial charge is 0.347 e. The highest BCUT2D eigenvalue weighted by molar-refractivity contribution is 5.80. The molecular weight excluding hydrogens is 216 g/mol. The minimum atomic E-state index is -0.235. The van der Waals surface area contributed by atoms with Crippen molar-refractivity contribution in [2.24, 2.45) is 0 Å². The van der Waals surface area contributed by atoms with Gasteiger partial charge in [0.1, 0.15) is 0 Å². The van der Waals surface area contributed by atoms with Gasteiger partial charge in [-0.25, -0.2) is 0 Å². The molecule has 1 N–H and O–H groups in total. The van der Waals surface area contributed by atoms with Crippen molar-refractivity contribution < 1.29 is 4.79 Å². The number of aryl methyl sites for hydroxylation is 1. The van der Waals surface area contributed by atoms with Crippen molar-refractivity contribution in [3.8, 4) is 0 Å². The molecule has 0 saturated carbocycles. The fourth-order valence-electron chi connectivity index (χ4n) is 1.76. The summed E-state index contributed by atoms with van der Waals surface area (Å²) in [6, 6.07) is -0.232. The predicted octanol–water partition coefficient (Wildman–Crippen LogP) is 0.912. The Morgan fingerprint density at radius 3 is 2.41 bits per heavy atom. The number of hydrogen-bond donors (Lipinski definition) is 1. The summed E-state index contributed by atoms with van der Waals surface area (Å²) in [5.41, 5.74) is 1.77. The fraction of sp³-hybridized carbons (Fsp3) is 0.583. The van der Waals surface area contributed by atoms with Crippen LogP contribution in [0, 0.1) is 6.92 Å². The Balaban J connectivity index is 2.70. The first kappa shape index (κ1) is 13.6. The Labute approximate surface area is 102 Å². The van der Waals surface area contributed by atoms with Gasteiger partial charge in [-0.1, -0.05) is 0 Å². The summed E-state index contributed by atoms with van der Waals surface area (Å²) in [6.45, 7) is 5.75. The minimum absolute atomic E-state index is 0.00241. The number of nitrogens with zero attached hydrogens (tertiary/aromatic N) is 3. The molecule has 0 saturated heterocycles. The molecule has 0 fully saturated rings. The summed E-state index contributed by atoms with van der Waals surface area (Å²) in [4.78, 5) is 21.8.